The standard InChI is InChI=1S/C17H24N2O2S2/c1-10-11(2)13(4)17(14(5)12(10)3)23(20,21)19(7)9-16-8-18-15(6)22-16/h8H,9H2,1-7H3. The highest BCUT2D eigenvalue weighted by molar-refractivity contribution is 7.89. The lowest BCUT2D eigenvalue weighted by Gasteiger charge is -2.23. The molecule has 0 unspecified atom stereocenters. The van der Waals surface area contributed by atoms with Crippen molar-refractivity contribution in [2.24, 2.45) is 0 Å². The summed E-state index contributed by atoms with van der Waals surface area (Å²) in [6.07, 6.45) is 1.75. The van der Waals surface area contributed by atoms with E-state index in [2.05, 4.69) is 4.98 Å². The first-order valence-electron chi connectivity index (χ1n) is 7.52. The van der Waals surface area contributed by atoms with E-state index in [1.54, 1.807) is 13.2 Å². The van der Waals surface area contributed by atoms with E-state index in [-0.39, 0.29) is 0 Å². The molecular weight excluding hydrogens is 328 g/mol. The second-order valence-electron chi connectivity index (χ2n) is 6.06. The Morgan fingerprint density at radius 1 is 0.957 bits per heavy atom. The Balaban J connectivity index is 2.51. The fourth-order valence-corrected chi connectivity index (χ4v) is 5.42. The van der Waals surface area contributed by atoms with Crippen LogP contribution < -0.4 is 0 Å². The highest BCUT2D eigenvalue weighted by Crippen LogP contribution is 2.31. The van der Waals surface area contributed by atoms with Gasteiger partial charge in [-0.3, -0.25) is 0 Å². The molecule has 0 aliphatic heterocycles. The van der Waals surface area contributed by atoms with E-state index in [0.717, 1.165) is 32.1 Å². The van der Waals surface area contributed by atoms with Gasteiger partial charge >= 0.3 is 0 Å². The average molecular weight is 353 g/mol. The normalized spacial score (nSPS) is 12.2. The van der Waals surface area contributed by atoms with Crippen LogP contribution in [0, 0.1) is 41.5 Å². The van der Waals surface area contributed by atoms with Crippen molar-refractivity contribution >= 4 is 21.4 Å². The maximum Gasteiger partial charge on any atom is 0.243 e. The van der Waals surface area contributed by atoms with Gasteiger partial charge in [0.25, 0.3) is 0 Å². The summed E-state index contributed by atoms with van der Waals surface area (Å²) >= 11 is 1.53. The molecule has 0 aliphatic carbocycles. The molecule has 0 spiro atoms. The van der Waals surface area contributed by atoms with Crippen molar-refractivity contribution < 1.29 is 8.42 Å². The number of hydrogen-bond donors (Lipinski definition) is 0. The van der Waals surface area contributed by atoms with Crippen molar-refractivity contribution in [3.8, 4) is 0 Å². The molecule has 0 bridgehead atoms. The van der Waals surface area contributed by atoms with E-state index in [9.17, 15) is 8.42 Å². The van der Waals surface area contributed by atoms with Gasteiger partial charge in [0.15, 0.2) is 0 Å². The van der Waals surface area contributed by atoms with E-state index >= 15 is 0 Å². The molecule has 23 heavy (non-hydrogen) atoms. The van der Waals surface area contributed by atoms with Gasteiger partial charge in [0.2, 0.25) is 10.0 Å². The first-order chi connectivity index (χ1) is 10.6. The maximum atomic E-state index is 13.1. The molecule has 126 valence electrons. The lowest BCUT2D eigenvalue weighted by molar-refractivity contribution is 0.468. The molecule has 0 N–H and O–H groups in total. The van der Waals surface area contributed by atoms with Gasteiger partial charge in [0.05, 0.1) is 9.90 Å². The zero-order chi connectivity index (χ0) is 17.5. The Morgan fingerprint density at radius 3 is 1.87 bits per heavy atom. The first-order valence-corrected chi connectivity index (χ1v) is 9.77. The molecule has 2 aromatic rings. The Kier molecular flexibility index (Phi) is 4.99. The lowest BCUT2D eigenvalue weighted by atomic mass is 9.95. The lowest BCUT2D eigenvalue weighted by Crippen LogP contribution is -2.28. The predicted octanol–water partition coefficient (Wildman–Crippen LogP) is 3.81. The van der Waals surface area contributed by atoms with Gasteiger partial charge in [0, 0.05) is 24.7 Å². The number of benzene rings is 1. The summed E-state index contributed by atoms with van der Waals surface area (Å²) < 4.78 is 27.6. The highest BCUT2D eigenvalue weighted by atomic mass is 32.2. The van der Waals surface area contributed by atoms with Gasteiger partial charge < -0.3 is 0 Å². The van der Waals surface area contributed by atoms with Crippen LogP contribution in [0.5, 0.6) is 0 Å². The minimum absolute atomic E-state index is 0.346. The van der Waals surface area contributed by atoms with Crippen LogP contribution in [0.1, 0.15) is 37.7 Å². The second-order valence-corrected chi connectivity index (χ2v) is 9.36. The fraction of sp³-hybridized carbons (Fsp3) is 0.471. The van der Waals surface area contributed by atoms with Crippen LogP contribution in [0.4, 0.5) is 0 Å². The van der Waals surface area contributed by atoms with E-state index < -0.39 is 10.0 Å². The van der Waals surface area contributed by atoms with Crippen LogP contribution in [0.15, 0.2) is 11.1 Å². The molecule has 1 aromatic heterocycles. The fourth-order valence-electron chi connectivity index (χ4n) is 2.79. The van der Waals surface area contributed by atoms with Gasteiger partial charge in [0.1, 0.15) is 0 Å². The van der Waals surface area contributed by atoms with E-state index in [0.29, 0.717) is 11.4 Å². The number of nitrogens with zero attached hydrogens (tertiary/aromatic N) is 2. The second kappa shape index (κ2) is 6.34. The van der Waals surface area contributed by atoms with E-state index in [1.165, 1.54) is 21.2 Å². The number of aromatic nitrogens is 1. The monoisotopic (exact) mass is 352 g/mol. The largest absolute Gasteiger partial charge is 0.250 e. The molecule has 0 fully saturated rings. The van der Waals surface area contributed by atoms with Crippen molar-refractivity contribution in [3.63, 3.8) is 0 Å². The minimum atomic E-state index is -3.54. The summed E-state index contributed by atoms with van der Waals surface area (Å²) in [4.78, 5) is 5.59. The number of hydrogen-bond acceptors (Lipinski definition) is 4. The van der Waals surface area contributed by atoms with Gasteiger partial charge in [-0.2, -0.15) is 4.31 Å². The summed E-state index contributed by atoms with van der Waals surface area (Å²) in [5, 5.41) is 0.945. The summed E-state index contributed by atoms with van der Waals surface area (Å²) in [5.41, 5.74) is 4.96. The van der Waals surface area contributed by atoms with Gasteiger partial charge in [-0.1, -0.05) is 0 Å². The zero-order valence-electron chi connectivity index (χ0n) is 14.8. The van der Waals surface area contributed by atoms with Gasteiger partial charge in [-0.05, 0) is 69.4 Å². The molecule has 0 radical (unpaired) electrons. The quantitative estimate of drug-likeness (QED) is 0.840. The van der Waals surface area contributed by atoms with Crippen LogP contribution in [0.3, 0.4) is 0 Å². The summed E-state index contributed by atoms with van der Waals surface area (Å²) in [7, 11) is -1.91. The Labute approximate surface area is 143 Å². The van der Waals surface area contributed by atoms with Crippen LogP contribution in [-0.4, -0.2) is 24.8 Å². The maximum absolute atomic E-state index is 13.1. The summed E-state index contributed by atoms with van der Waals surface area (Å²) in [5.74, 6) is 0. The third kappa shape index (κ3) is 3.20. The SMILES string of the molecule is Cc1ncc(CN(C)S(=O)(=O)c2c(C)c(C)c(C)c(C)c2C)s1. The molecule has 0 atom stereocenters. The van der Waals surface area contributed by atoms with Crippen LogP contribution in [0.25, 0.3) is 0 Å². The molecule has 0 amide bonds. The van der Waals surface area contributed by atoms with E-state index in [1.807, 2.05) is 41.5 Å². The van der Waals surface area contributed by atoms with Gasteiger partial charge in [-0.15, -0.1) is 11.3 Å². The Hall–Kier alpha value is -1.24. The third-order valence-corrected chi connectivity index (χ3v) is 7.62. The van der Waals surface area contributed by atoms with Crippen molar-refractivity contribution in [2.45, 2.75) is 53.0 Å². The topological polar surface area (TPSA) is 50.3 Å². The summed E-state index contributed by atoms with van der Waals surface area (Å²) in [6, 6.07) is 0. The number of aryl methyl sites for hydroxylation is 1. The van der Waals surface area contributed by atoms with Crippen LogP contribution in [0.2, 0.25) is 0 Å². The molecule has 0 saturated carbocycles. The third-order valence-electron chi connectivity index (χ3n) is 4.65. The van der Waals surface area contributed by atoms with Crippen LogP contribution in [-0.2, 0) is 16.6 Å². The minimum Gasteiger partial charge on any atom is -0.250 e. The number of rotatable bonds is 4. The highest BCUT2D eigenvalue weighted by Gasteiger charge is 2.28. The molecule has 6 heteroatoms. The smallest absolute Gasteiger partial charge is 0.243 e. The number of thiazole rings is 1. The molecular formula is C17H24N2O2S2. The molecule has 0 saturated heterocycles. The van der Waals surface area contributed by atoms with Crippen molar-refractivity contribution in [1.29, 1.82) is 0 Å². The van der Waals surface area contributed by atoms with Crippen molar-refractivity contribution in [1.82, 2.24) is 9.29 Å². The Morgan fingerprint density at radius 2 is 1.43 bits per heavy atom. The number of sulfonamides is 1. The molecule has 1 heterocycles. The van der Waals surface area contributed by atoms with E-state index in [4.69, 9.17) is 0 Å². The molecule has 0 aliphatic rings. The Bertz CT molecular complexity index is 823. The van der Waals surface area contributed by atoms with Crippen molar-refractivity contribution in [3.05, 3.63) is 43.9 Å². The molecule has 1 aromatic carbocycles. The average Bonchev–Trinajstić information content (AvgIpc) is 2.88. The van der Waals surface area contributed by atoms with Crippen LogP contribution >= 0.6 is 11.3 Å². The zero-order valence-corrected chi connectivity index (χ0v) is 16.4. The molecule has 2 rings (SSSR count). The molecule has 4 nitrogen and oxygen atoms in total. The van der Waals surface area contributed by atoms with Crippen molar-refractivity contribution in [2.75, 3.05) is 7.05 Å². The summed E-state index contributed by atoms with van der Waals surface area (Å²) in [6.45, 7) is 12.1. The predicted molar refractivity (Wildman–Crippen MR) is 95.6 cm³/mol. The first kappa shape index (κ1) is 18.1. The van der Waals surface area contributed by atoms with Gasteiger partial charge in [-0.25, -0.2) is 13.4 Å².